The number of nitrogens with one attached hydrogen (secondary N) is 2. The van der Waals surface area contributed by atoms with Crippen molar-refractivity contribution < 1.29 is 31.1 Å². The highest BCUT2D eigenvalue weighted by molar-refractivity contribution is 7.89. The zero-order valence-corrected chi connectivity index (χ0v) is 18.9. The lowest BCUT2D eigenvalue weighted by atomic mass is 10.2. The average Bonchev–Trinajstić information content (AvgIpc) is 3.24. The highest BCUT2D eigenvalue weighted by Gasteiger charge is 2.33. The van der Waals surface area contributed by atoms with E-state index >= 15 is 0 Å². The molecule has 3 aromatic rings. The van der Waals surface area contributed by atoms with Gasteiger partial charge in [0.15, 0.2) is 0 Å². The molecule has 1 fully saturated rings. The number of sulfonamides is 1. The lowest BCUT2D eigenvalue weighted by Crippen LogP contribution is -2.53. The number of rotatable bonds is 6. The standard InChI is InChI=1S/C21H22F3N5O4S/c1-14(20(30)27-15-4-6-16(7-5-15)33-21(22,23)24)28-9-11-29(12-10-28)34(31,32)18-13-26-19-17(18)3-2-8-25-19/h2-8,13-14H,9-12H2,1H3,(H,25,26)(H,27,30). The van der Waals surface area contributed by atoms with E-state index < -0.39 is 22.4 Å². The van der Waals surface area contributed by atoms with E-state index in [1.165, 1.54) is 22.6 Å². The fourth-order valence-electron chi connectivity index (χ4n) is 3.77. The number of halogens is 3. The number of anilines is 1. The van der Waals surface area contributed by atoms with Crippen molar-refractivity contribution >= 4 is 32.7 Å². The van der Waals surface area contributed by atoms with Gasteiger partial charge in [-0.3, -0.25) is 9.69 Å². The molecule has 1 aliphatic rings. The number of benzene rings is 1. The zero-order chi connectivity index (χ0) is 24.5. The van der Waals surface area contributed by atoms with Gasteiger partial charge in [0.05, 0.1) is 6.04 Å². The molecule has 0 spiro atoms. The SMILES string of the molecule is CC(C(=O)Nc1ccc(OC(F)(F)F)cc1)N1CCN(S(=O)(=O)c2c[nH]c3ncccc23)CC1. The Morgan fingerprint density at radius 1 is 1.15 bits per heavy atom. The van der Waals surface area contributed by atoms with Crippen molar-refractivity contribution in [3.63, 3.8) is 0 Å². The van der Waals surface area contributed by atoms with Crippen molar-refractivity contribution in [3.05, 3.63) is 48.8 Å². The van der Waals surface area contributed by atoms with Crippen LogP contribution < -0.4 is 10.1 Å². The highest BCUT2D eigenvalue weighted by Crippen LogP contribution is 2.26. The molecule has 0 radical (unpaired) electrons. The highest BCUT2D eigenvalue weighted by atomic mass is 32.2. The van der Waals surface area contributed by atoms with Crippen LogP contribution in [-0.2, 0) is 14.8 Å². The molecule has 0 aliphatic carbocycles. The van der Waals surface area contributed by atoms with Crippen molar-refractivity contribution in [2.45, 2.75) is 24.2 Å². The van der Waals surface area contributed by atoms with Crippen molar-refractivity contribution in [2.75, 3.05) is 31.5 Å². The molecule has 34 heavy (non-hydrogen) atoms. The van der Waals surface area contributed by atoms with Crippen LogP contribution in [0.1, 0.15) is 6.92 Å². The molecule has 9 nitrogen and oxygen atoms in total. The third-order valence-electron chi connectivity index (χ3n) is 5.59. The molecule has 0 saturated carbocycles. The van der Waals surface area contributed by atoms with Gasteiger partial charge >= 0.3 is 6.36 Å². The molecular weight excluding hydrogens is 475 g/mol. The number of pyridine rings is 1. The summed E-state index contributed by atoms with van der Waals surface area (Å²) in [6, 6.07) is 7.63. The zero-order valence-electron chi connectivity index (χ0n) is 18.0. The Bertz CT molecular complexity index is 1270. The van der Waals surface area contributed by atoms with Gasteiger partial charge in [-0.05, 0) is 43.3 Å². The van der Waals surface area contributed by atoms with E-state index in [-0.39, 0.29) is 29.6 Å². The molecule has 1 saturated heterocycles. The van der Waals surface area contributed by atoms with Crippen molar-refractivity contribution in [1.29, 1.82) is 0 Å². The molecule has 1 aliphatic heterocycles. The minimum atomic E-state index is -4.79. The fraction of sp³-hybridized carbons (Fsp3) is 0.333. The average molecular weight is 497 g/mol. The number of carbonyl (C=O) groups is 1. The number of hydrogen-bond acceptors (Lipinski definition) is 6. The predicted octanol–water partition coefficient (Wildman–Crippen LogP) is 2.80. The van der Waals surface area contributed by atoms with E-state index in [4.69, 9.17) is 0 Å². The summed E-state index contributed by atoms with van der Waals surface area (Å²) in [6.45, 7) is 2.78. The molecule has 2 aromatic heterocycles. The molecular formula is C21H22F3N5O4S. The maximum Gasteiger partial charge on any atom is 0.573 e. The van der Waals surface area contributed by atoms with Gasteiger partial charge in [-0.15, -0.1) is 13.2 Å². The number of aromatic nitrogens is 2. The number of nitrogens with zero attached hydrogens (tertiary/aromatic N) is 3. The molecule has 1 atom stereocenters. The van der Waals surface area contributed by atoms with Crippen LogP contribution in [0.5, 0.6) is 5.75 Å². The lowest BCUT2D eigenvalue weighted by Gasteiger charge is -2.36. The summed E-state index contributed by atoms with van der Waals surface area (Å²) in [4.78, 5) is 21.6. The van der Waals surface area contributed by atoms with E-state index in [1.807, 2.05) is 4.90 Å². The number of aromatic amines is 1. The van der Waals surface area contributed by atoms with E-state index in [0.29, 0.717) is 29.8 Å². The quantitative estimate of drug-likeness (QED) is 0.542. The molecule has 3 heterocycles. The van der Waals surface area contributed by atoms with Crippen LogP contribution in [0, 0.1) is 0 Å². The van der Waals surface area contributed by atoms with E-state index in [0.717, 1.165) is 12.1 Å². The number of fused-ring (bicyclic) bond motifs is 1. The third-order valence-corrected chi connectivity index (χ3v) is 7.53. The number of alkyl halides is 3. The summed E-state index contributed by atoms with van der Waals surface area (Å²) in [6.07, 6.45) is -1.79. The maximum absolute atomic E-state index is 13.1. The monoisotopic (exact) mass is 497 g/mol. The Morgan fingerprint density at radius 3 is 2.47 bits per heavy atom. The molecule has 4 rings (SSSR count). The second kappa shape index (κ2) is 9.24. The Kier molecular flexibility index (Phi) is 6.51. The van der Waals surface area contributed by atoms with Crippen LogP contribution in [0.15, 0.2) is 53.7 Å². The molecule has 2 N–H and O–H groups in total. The van der Waals surface area contributed by atoms with Crippen LogP contribution >= 0.6 is 0 Å². The minimum Gasteiger partial charge on any atom is -0.406 e. The van der Waals surface area contributed by atoms with Crippen LogP contribution in [-0.4, -0.2) is 72.1 Å². The molecule has 1 amide bonds. The van der Waals surface area contributed by atoms with Gasteiger partial charge in [-0.2, -0.15) is 4.31 Å². The second-order valence-electron chi connectivity index (χ2n) is 7.73. The maximum atomic E-state index is 13.1. The van der Waals surface area contributed by atoms with Gasteiger partial charge < -0.3 is 15.0 Å². The van der Waals surface area contributed by atoms with Gasteiger partial charge in [0, 0.05) is 49.6 Å². The summed E-state index contributed by atoms with van der Waals surface area (Å²) in [7, 11) is -3.74. The van der Waals surface area contributed by atoms with E-state index in [2.05, 4.69) is 20.0 Å². The second-order valence-corrected chi connectivity index (χ2v) is 9.64. The summed E-state index contributed by atoms with van der Waals surface area (Å²) in [5.74, 6) is -0.745. The number of hydrogen-bond donors (Lipinski definition) is 2. The van der Waals surface area contributed by atoms with Crippen molar-refractivity contribution in [3.8, 4) is 5.75 Å². The van der Waals surface area contributed by atoms with Gasteiger partial charge in [-0.25, -0.2) is 13.4 Å². The van der Waals surface area contributed by atoms with Gasteiger partial charge in [0.1, 0.15) is 16.3 Å². The number of carbonyl (C=O) groups excluding carboxylic acids is 1. The summed E-state index contributed by atoms with van der Waals surface area (Å²) in [5.41, 5.74) is 0.809. The molecule has 1 unspecified atom stereocenters. The summed E-state index contributed by atoms with van der Waals surface area (Å²) in [5, 5.41) is 3.17. The van der Waals surface area contributed by atoms with Gasteiger partial charge in [0.2, 0.25) is 15.9 Å². The lowest BCUT2D eigenvalue weighted by molar-refractivity contribution is -0.274. The first kappa shape index (κ1) is 24.0. The molecule has 182 valence electrons. The first-order valence-corrected chi connectivity index (χ1v) is 11.8. The molecule has 0 bridgehead atoms. The van der Waals surface area contributed by atoms with Crippen molar-refractivity contribution in [1.82, 2.24) is 19.2 Å². The predicted molar refractivity (Wildman–Crippen MR) is 118 cm³/mol. The number of H-pyrrole nitrogens is 1. The van der Waals surface area contributed by atoms with Gasteiger partial charge in [0.25, 0.3) is 0 Å². The summed E-state index contributed by atoms with van der Waals surface area (Å²) < 4.78 is 68.3. The molecule has 13 heteroatoms. The molecule has 1 aromatic carbocycles. The number of ether oxygens (including phenoxy) is 1. The number of amides is 1. The van der Waals surface area contributed by atoms with Crippen molar-refractivity contribution in [2.24, 2.45) is 0 Å². The third kappa shape index (κ3) is 5.16. The first-order valence-electron chi connectivity index (χ1n) is 10.4. The van der Waals surface area contributed by atoms with E-state index in [1.54, 1.807) is 25.3 Å². The van der Waals surface area contributed by atoms with Gasteiger partial charge in [-0.1, -0.05) is 0 Å². The van der Waals surface area contributed by atoms with E-state index in [9.17, 15) is 26.4 Å². The normalized spacial score (nSPS) is 16.9. The Morgan fingerprint density at radius 2 is 1.82 bits per heavy atom. The van der Waals surface area contributed by atoms with Crippen LogP contribution in [0.4, 0.5) is 18.9 Å². The minimum absolute atomic E-state index is 0.160. The van der Waals surface area contributed by atoms with Crippen LogP contribution in [0.3, 0.4) is 0 Å². The van der Waals surface area contributed by atoms with Crippen LogP contribution in [0.25, 0.3) is 11.0 Å². The first-order chi connectivity index (χ1) is 16.0. The largest absolute Gasteiger partial charge is 0.573 e. The smallest absolute Gasteiger partial charge is 0.406 e. The Labute approximate surface area is 193 Å². The Balaban J connectivity index is 1.35. The summed E-state index contributed by atoms with van der Waals surface area (Å²) >= 11 is 0. The Hall–Kier alpha value is -3.16. The topological polar surface area (TPSA) is 108 Å². The fourth-order valence-corrected chi connectivity index (χ4v) is 5.34. The van der Waals surface area contributed by atoms with Crippen LogP contribution in [0.2, 0.25) is 0 Å². The number of piperazine rings is 1.